The molecule has 4 heteroatoms. The van der Waals surface area contributed by atoms with E-state index in [0.717, 1.165) is 0 Å². The van der Waals surface area contributed by atoms with Crippen molar-refractivity contribution in [2.75, 3.05) is 7.11 Å². The molecule has 0 saturated heterocycles. The Bertz CT molecular complexity index is 448. The quantitative estimate of drug-likeness (QED) is 0.606. The highest BCUT2D eigenvalue weighted by Crippen LogP contribution is 2.07. The summed E-state index contributed by atoms with van der Waals surface area (Å²) in [4.78, 5) is 22.9. The van der Waals surface area contributed by atoms with Gasteiger partial charge in [-0.3, -0.25) is 0 Å². The van der Waals surface area contributed by atoms with Crippen molar-refractivity contribution in [3.05, 3.63) is 47.5 Å². The van der Waals surface area contributed by atoms with Crippen LogP contribution in [0.1, 0.15) is 24.2 Å². The molecule has 96 valence electrons. The van der Waals surface area contributed by atoms with Gasteiger partial charge in [0.15, 0.2) is 0 Å². The van der Waals surface area contributed by atoms with E-state index in [1.807, 2.05) is 6.07 Å². The normalized spacial score (nSPS) is 12.7. The first kappa shape index (κ1) is 14.0. The number of methoxy groups -OCH3 is 1. The monoisotopic (exact) mass is 248 g/mol. The van der Waals surface area contributed by atoms with Crippen LogP contribution in [0.3, 0.4) is 0 Å². The summed E-state index contributed by atoms with van der Waals surface area (Å²) < 4.78 is 9.73. The van der Waals surface area contributed by atoms with E-state index in [4.69, 9.17) is 4.74 Å². The van der Waals surface area contributed by atoms with Gasteiger partial charge in [-0.1, -0.05) is 18.2 Å². The highest BCUT2D eigenvalue weighted by molar-refractivity contribution is 5.90. The van der Waals surface area contributed by atoms with Crippen molar-refractivity contribution in [2.45, 2.75) is 20.0 Å². The maximum absolute atomic E-state index is 11.7. The summed E-state index contributed by atoms with van der Waals surface area (Å²) in [6, 6.07) is 8.69. The Morgan fingerprint density at radius 3 is 2.39 bits per heavy atom. The van der Waals surface area contributed by atoms with Gasteiger partial charge < -0.3 is 9.47 Å². The number of carbonyl (C=O) groups is 2. The van der Waals surface area contributed by atoms with Crippen LogP contribution in [0.2, 0.25) is 0 Å². The maximum atomic E-state index is 11.7. The minimum absolute atomic E-state index is 0.408. The second-order valence-corrected chi connectivity index (χ2v) is 3.82. The molecule has 0 bridgehead atoms. The first-order valence-electron chi connectivity index (χ1n) is 5.57. The molecule has 0 spiro atoms. The summed E-state index contributed by atoms with van der Waals surface area (Å²) in [7, 11) is 1.31. The Morgan fingerprint density at radius 1 is 1.22 bits per heavy atom. The zero-order valence-corrected chi connectivity index (χ0v) is 10.7. The zero-order valence-electron chi connectivity index (χ0n) is 10.7. The second-order valence-electron chi connectivity index (χ2n) is 3.82. The Balaban J connectivity index is 2.63. The van der Waals surface area contributed by atoms with Gasteiger partial charge in [-0.05, 0) is 32.1 Å². The standard InChI is InChI=1S/C14H16O4/c1-10(13(15)17-3)9-11(2)18-14(16)12-7-5-4-6-8-12/h4-9,11H,1-3H3/b10-9+. The van der Waals surface area contributed by atoms with Crippen molar-refractivity contribution in [3.63, 3.8) is 0 Å². The van der Waals surface area contributed by atoms with Crippen molar-refractivity contribution in [2.24, 2.45) is 0 Å². The van der Waals surface area contributed by atoms with E-state index in [2.05, 4.69) is 4.74 Å². The minimum Gasteiger partial charge on any atom is -0.466 e. The molecule has 0 heterocycles. The fraction of sp³-hybridized carbons (Fsp3) is 0.286. The van der Waals surface area contributed by atoms with E-state index in [9.17, 15) is 9.59 Å². The first-order chi connectivity index (χ1) is 8.54. The fourth-order valence-electron chi connectivity index (χ4n) is 1.43. The molecule has 18 heavy (non-hydrogen) atoms. The summed E-state index contributed by atoms with van der Waals surface area (Å²) in [6.07, 6.45) is 1.06. The molecule has 0 saturated carbocycles. The molecule has 1 unspecified atom stereocenters. The van der Waals surface area contributed by atoms with Gasteiger partial charge in [0.25, 0.3) is 0 Å². The number of hydrogen-bond donors (Lipinski definition) is 0. The molecule has 0 radical (unpaired) electrons. The maximum Gasteiger partial charge on any atom is 0.338 e. The van der Waals surface area contributed by atoms with Crippen LogP contribution in [0.25, 0.3) is 0 Å². The average Bonchev–Trinajstić information content (AvgIpc) is 2.38. The molecular weight excluding hydrogens is 232 g/mol. The highest BCUT2D eigenvalue weighted by atomic mass is 16.5. The number of carbonyl (C=O) groups excluding carboxylic acids is 2. The molecule has 1 aromatic carbocycles. The third-order valence-electron chi connectivity index (χ3n) is 2.29. The van der Waals surface area contributed by atoms with Crippen LogP contribution in [0.4, 0.5) is 0 Å². The lowest BCUT2D eigenvalue weighted by molar-refractivity contribution is -0.136. The number of hydrogen-bond acceptors (Lipinski definition) is 4. The Hall–Kier alpha value is -2.10. The predicted molar refractivity (Wildman–Crippen MR) is 67.1 cm³/mol. The molecule has 1 aromatic rings. The van der Waals surface area contributed by atoms with Crippen LogP contribution in [0, 0.1) is 0 Å². The van der Waals surface area contributed by atoms with Crippen LogP contribution in [-0.4, -0.2) is 25.2 Å². The third kappa shape index (κ3) is 4.05. The Morgan fingerprint density at radius 2 is 1.83 bits per heavy atom. The molecule has 0 aliphatic rings. The van der Waals surface area contributed by atoms with Crippen LogP contribution in [-0.2, 0) is 14.3 Å². The molecule has 0 fully saturated rings. The largest absolute Gasteiger partial charge is 0.466 e. The van der Waals surface area contributed by atoms with Crippen molar-refractivity contribution < 1.29 is 19.1 Å². The summed E-state index contributed by atoms with van der Waals surface area (Å²) in [5.41, 5.74) is 0.888. The topological polar surface area (TPSA) is 52.6 Å². The number of esters is 2. The van der Waals surface area contributed by atoms with E-state index < -0.39 is 18.0 Å². The van der Waals surface area contributed by atoms with E-state index in [1.54, 1.807) is 44.2 Å². The highest BCUT2D eigenvalue weighted by Gasteiger charge is 2.11. The van der Waals surface area contributed by atoms with Gasteiger partial charge in [0.2, 0.25) is 0 Å². The van der Waals surface area contributed by atoms with Gasteiger partial charge in [0.1, 0.15) is 6.10 Å². The van der Waals surface area contributed by atoms with Crippen molar-refractivity contribution in [3.8, 4) is 0 Å². The minimum atomic E-state index is -0.489. The third-order valence-corrected chi connectivity index (χ3v) is 2.29. The second kappa shape index (κ2) is 6.59. The lowest BCUT2D eigenvalue weighted by atomic mass is 10.2. The molecule has 4 nitrogen and oxygen atoms in total. The smallest absolute Gasteiger partial charge is 0.338 e. The zero-order chi connectivity index (χ0) is 13.5. The van der Waals surface area contributed by atoms with Crippen molar-refractivity contribution in [1.82, 2.24) is 0 Å². The number of rotatable bonds is 4. The van der Waals surface area contributed by atoms with E-state index in [1.165, 1.54) is 7.11 Å². The molecule has 0 aromatic heterocycles. The van der Waals surface area contributed by atoms with E-state index >= 15 is 0 Å². The average molecular weight is 248 g/mol. The molecular formula is C14H16O4. The van der Waals surface area contributed by atoms with Crippen LogP contribution < -0.4 is 0 Å². The fourth-order valence-corrected chi connectivity index (χ4v) is 1.43. The lowest BCUT2D eigenvalue weighted by Gasteiger charge is -2.10. The van der Waals surface area contributed by atoms with Gasteiger partial charge in [0.05, 0.1) is 12.7 Å². The predicted octanol–water partition coefficient (Wildman–Crippen LogP) is 2.35. The molecule has 1 atom stereocenters. The summed E-state index contributed by atoms with van der Waals surface area (Å²) >= 11 is 0. The summed E-state index contributed by atoms with van der Waals surface area (Å²) in [5.74, 6) is -0.852. The SMILES string of the molecule is COC(=O)/C(C)=C/C(C)OC(=O)c1ccccc1. The van der Waals surface area contributed by atoms with Crippen molar-refractivity contribution >= 4 is 11.9 Å². The van der Waals surface area contributed by atoms with Crippen LogP contribution in [0.15, 0.2) is 42.0 Å². The van der Waals surface area contributed by atoms with Crippen LogP contribution in [0.5, 0.6) is 0 Å². The lowest BCUT2D eigenvalue weighted by Crippen LogP contribution is -2.14. The van der Waals surface area contributed by atoms with Gasteiger partial charge in [-0.2, -0.15) is 0 Å². The van der Waals surface area contributed by atoms with E-state index in [-0.39, 0.29) is 0 Å². The molecule has 0 aliphatic carbocycles. The van der Waals surface area contributed by atoms with Crippen LogP contribution >= 0.6 is 0 Å². The first-order valence-corrected chi connectivity index (χ1v) is 5.57. The van der Waals surface area contributed by atoms with Gasteiger partial charge in [-0.25, -0.2) is 9.59 Å². The molecule has 0 N–H and O–H groups in total. The summed E-state index contributed by atoms with van der Waals surface area (Å²) in [5, 5.41) is 0. The van der Waals surface area contributed by atoms with Gasteiger partial charge in [-0.15, -0.1) is 0 Å². The van der Waals surface area contributed by atoms with Crippen molar-refractivity contribution in [1.29, 1.82) is 0 Å². The number of ether oxygens (including phenoxy) is 2. The van der Waals surface area contributed by atoms with E-state index in [0.29, 0.717) is 11.1 Å². The van der Waals surface area contributed by atoms with Gasteiger partial charge >= 0.3 is 11.9 Å². The summed E-state index contributed by atoms with van der Waals surface area (Å²) in [6.45, 7) is 3.30. The number of benzene rings is 1. The Labute approximate surface area is 106 Å². The Kier molecular flexibility index (Phi) is 5.11. The molecule has 0 aliphatic heterocycles. The molecule has 1 rings (SSSR count). The molecule has 0 amide bonds. The van der Waals surface area contributed by atoms with Gasteiger partial charge in [0, 0.05) is 5.57 Å².